The van der Waals surface area contributed by atoms with Crippen LogP contribution in [-0.2, 0) is 11.3 Å². The van der Waals surface area contributed by atoms with Gasteiger partial charge in [-0.25, -0.2) is 4.39 Å². The average Bonchev–Trinajstić information content (AvgIpc) is 3.20. The number of carbonyl (C=O) groups excluding carboxylic acids is 1. The van der Waals surface area contributed by atoms with Crippen LogP contribution in [0.5, 0.6) is 0 Å². The van der Waals surface area contributed by atoms with Crippen LogP contribution in [-0.4, -0.2) is 34.0 Å². The van der Waals surface area contributed by atoms with Gasteiger partial charge in [0.05, 0.1) is 11.6 Å². The lowest BCUT2D eigenvalue weighted by Gasteiger charge is -2.30. The van der Waals surface area contributed by atoms with Crippen molar-refractivity contribution in [3.63, 3.8) is 0 Å². The number of nitrogens with zero attached hydrogens (tertiary/aromatic N) is 3. The van der Waals surface area contributed by atoms with Gasteiger partial charge < -0.3 is 9.84 Å². The number of aromatic nitrogens is 2. The van der Waals surface area contributed by atoms with Gasteiger partial charge >= 0.3 is 0 Å². The molecule has 156 valence electrons. The van der Waals surface area contributed by atoms with Crippen molar-refractivity contribution in [2.75, 3.05) is 18.4 Å². The highest BCUT2D eigenvalue weighted by molar-refractivity contribution is 9.10. The number of likely N-dealkylation sites (tertiary alicyclic amines) is 1. The number of nitrogens with one attached hydrogen (secondary N) is 1. The number of hydrogen-bond donors (Lipinski definition) is 1. The molecular formula is C21H19BrClFN4O2. The Morgan fingerprint density at radius 2 is 2.07 bits per heavy atom. The lowest BCUT2D eigenvalue weighted by atomic mass is 9.96. The predicted octanol–water partition coefficient (Wildman–Crippen LogP) is 5.14. The number of anilines is 1. The molecular weight excluding hydrogens is 475 g/mol. The summed E-state index contributed by atoms with van der Waals surface area (Å²) in [6.07, 6.45) is 1.43. The van der Waals surface area contributed by atoms with E-state index in [-0.39, 0.29) is 16.8 Å². The molecule has 1 aliphatic rings. The van der Waals surface area contributed by atoms with Gasteiger partial charge in [-0.05, 0) is 56.3 Å². The Morgan fingerprint density at radius 1 is 1.27 bits per heavy atom. The Kier molecular flexibility index (Phi) is 6.46. The van der Waals surface area contributed by atoms with Crippen LogP contribution < -0.4 is 5.32 Å². The zero-order valence-electron chi connectivity index (χ0n) is 15.9. The first-order valence-corrected chi connectivity index (χ1v) is 10.7. The third kappa shape index (κ3) is 5.06. The zero-order chi connectivity index (χ0) is 21.1. The maximum absolute atomic E-state index is 13.3. The molecule has 1 aliphatic heterocycles. The van der Waals surface area contributed by atoms with Crippen LogP contribution in [0.1, 0.15) is 18.7 Å². The van der Waals surface area contributed by atoms with Gasteiger partial charge in [0.2, 0.25) is 17.6 Å². The SMILES string of the molecule is O=C(Nc1ccc(F)c(Cl)c1)C1CCN(Cc2nc(-c3cccc(Br)c3)no2)CC1. The summed E-state index contributed by atoms with van der Waals surface area (Å²) >= 11 is 9.21. The van der Waals surface area contributed by atoms with Crippen LogP contribution in [0, 0.1) is 11.7 Å². The molecule has 2 heterocycles. The summed E-state index contributed by atoms with van der Waals surface area (Å²) in [5, 5.41) is 6.87. The minimum absolute atomic E-state index is 0.00981. The molecule has 0 bridgehead atoms. The van der Waals surface area contributed by atoms with Crippen LogP contribution in [0.2, 0.25) is 5.02 Å². The summed E-state index contributed by atoms with van der Waals surface area (Å²) in [6, 6.07) is 11.9. The van der Waals surface area contributed by atoms with Crippen LogP contribution >= 0.6 is 27.5 Å². The van der Waals surface area contributed by atoms with Gasteiger partial charge in [-0.15, -0.1) is 0 Å². The van der Waals surface area contributed by atoms with E-state index in [0.717, 1.165) is 23.1 Å². The van der Waals surface area contributed by atoms with E-state index in [9.17, 15) is 9.18 Å². The normalized spacial score (nSPS) is 15.3. The Bertz CT molecular complexity index is 1050. The van der Waals surface area contributed by atoms with E-state index in [0.29, 0.717) is 36.8 Å². The monoisotopic (exact) mass is 492 g/mol. The molecule has 1 N–H and O–H groups in total. The molecule has 0 atom stereocenters. The fourth-order valence-electron chi connectivity index (χ4n) is 3.43. The third-order valence-electron chi connectivity index (χ3n) is 5.06. The number of amides is 1. The summed E-state index contributed by atoms with van der Waals surface area (Å²) < 4.78 is 19.6. The summed E-state index contributed by atoms with van der Waals surface area (Å²) in [6.45, 7) is 2.04. The Morgan fingerprint density at radius 3 is 2.80 bits per heavy atom. The molecule has 1 aromatic heterocycles. The molecule has 9 heteroatoms. The zero-order valence-corrected chi connectivity index (χ0v) is 18.3. The number of carbonyl (C=O) groups is 1. The van der Waals surface area contributed by atoms with Gasteiger partial charge in [0.1, 0.15) is 5.82 Å². The van der Waals surface area contributed by atoms with Crippen LogP contribution in [0.15, 0.2) is 51.5 Å². The second kappa shape index (κ2) is 9.24. The lowest BCUT2D eigenvalue weighted by molar-refractivity contribution is -0.121. The molecule has 6 nitrogen and oxygen atoms in total. The molecule has 0 spiro atoms. The molecule has 0 saturated carbocycles. The van der Waals surface area contributed by atoms with E-state index in [2.05, 4.69) is 36.3 Å². The van der Waals surface area contributed by atoms with E-state index in [1.54, 1.807) is 0 Å². The fourth-order valence-corrected chi connectivity index (χ4v) is 4.01. The Balaban J connectivity index is 1.29. The quantitative estimate of drug-likeness (QED) is 0.533. The summed E-state index contributed by atoms with van der Waals surface area (Å²) in [5.41, 5.74) is 1.38. The highest BCUT2D eigenvalue weighted by Crippen LogP contribution is 2.24. The van der Waals surface area contributed by atoms with Gasteiger partial charge in [0, 0.05) is 21.6 Å². The Hall–Kier alpha value is -2.29. The van der Waals surface area contributed by atoms with Crippen LogP contribution in [0.25, 0.3) is 11.4 Å². The largest absolute Gasteiger partial charge is 0.338 e. The molecule has 0 unspecified atom stereocenters. The summed E-state index contributed by atoms with van der Waals surface area (Å²) in [4.78, 5) is 19.2. The molecule has 2 aromatic carbocycles. The van der Waals surface area contributed by atoms with Crippen molar-refractivity contribution < 1.29 is 13.7 Å². The summed E-state index contributed by atoms with van der Waals surface area (Å²) in [5.74, 6) is 0.413. The van der Waals surface area contributed by atoms with Crippen LogP contribution in [0.4, 0.5) is 10.1 Å². The first-order valence-electron chi connectivity index (χ1n) is 9.55. The number of piperidine rings is 1. The molecule has 30 heavy (non-hydrogen) atoms. The van der Waals surface area contributed by atoms with E-state index < -0.39 is 5.82 Å². The van der Waals surface area contributed by atoms with Gasteiger partial charge in [0.25, 0.3) is 0 Å². The van der Waals surface area contributed by atoms with E-state index in [1.807, 2.05) is 24.3 Å². The molecule has 4 rings (SSSR count). The van der Waals surface area contributed by atoms with Crippen molar-refractivity contribution in [2.45, 2.75) is 19.4 Å². The highest BCUT2D eigenvalue weighted by Gasteiger charge is 2.26. The first-order chi connectivity index (χ1) is 14.5. The minimum Gasteiger partial charge on any atom is -0.338 e. The summed E-state index contributed by atoms with van der Waals surface area (Å²) in [7, 11) is 0. The minimum atomic E-state index is -0.507. The first kappa shape index (κ1) is 21.0. The maximum Gasteiger partial charge on any atom is 0.241 e. The number of hydrogen-bond acceptors (Lipinski definition) is 5. The Labute approximate surface area is 186 Å². The lowest BCUT2D eigenvalue weighted by Crippen LogP contribution is -2.37. The van der Waals surface area contributed by atoms with Crippen LogP contribution in [0.3, 0.4) is 0 Å². The van der Waals surface area contributed by atoms with Crippen molar-refractivity contribution in [2.24, 2.45) is 5.92 Å². The van der Waals surface area contributed by atoms with Gasteiger partial charge in [-0.3, -0.25) is 9.69 Å². The van der Waals surface area contributed by atoms with Crippen molar-refractivity contribution >= 4 is 39.1 Å². The van der Waals surface area contributed by atoms with Crippen molar-refractivity contribution in [3.05, 3.63) is 63.7 Å². The molecule has 1 amide bonds. The fraction of sp³-hybridized carbons (Fsp3) is 0.286. The number of benzene rings is 2. The second-order valence-corrected chi connectivity index (χ2v) is 8.51. The maximum atomic E-state index is 13.3. The highest BCUT2D eigenvalue weighted by atomic mass is 79.9. The van der Waals surface area contributed by atoms with E-state index >= 15 is 0 Å². The van der Waals surface area contributed by atoms with Gasteiger partial charge in [0.15, 0.2) is 0 Å². The molecule has 0 radical (unpaired) electrons. The number of halogens is 3. The van der Waals surface area contributed by atoms with Crippen molar-refractivity contribution in [3.8, 4) is 11.4 Å². The standard InChI is InChI=1S/C21H19BrClFN4O2/c22-15-3-1-2-14(10-15)20-26-19(30-27-20)12-28-8-6-13(7-9-28)21(29)25-16-4-5-18(24)17(23)11-16/h1-5,10-11,13H,6-9,12H2,(H,25,29). The van der Waals surface area contributed by atoms with Crippen molar-refractivity contribution in [1.29, 1.82) is 0 Å². The van der Waals surface area contributed by atoms with E-state index in [4.69, 9.17) is 16.1 Å². The molecule has 1 fully saturated rings. The molecule has 1 saturated heterocycles. The van der Waals surface area contributed by atoms with E-state index in [1.165, 1.54) is 18.2 Å². The predicted molar refractivity (Wildman–Crippen MR) is 115 cm³/mol. The molecule has 3 aromatic rings. The third-order valence-corrected chi connectivity index (χ3v) is 5.84. The molecule has 0 aliphatic carbocycles. The van der Waals surface area contributed by atoms with Gasteiger partial charge in [-0.2, -0.15) is 4.98 Å². The number of rotatable bonds is 5. The average molecular weight is 494 g/mol. The smallest absolute Gasteiger partial charge is 0.241 e. The van der Waals surface area contributed by atoms with Gasteiger partial charge in [-0.1, -0.05) is 44.8 Å². The van der Waals surface area contributed by atoms with Crippen molar-refractivity contribution in [1.82, 2.24) is 15.0 Å². The second-order valence-electron chi connectivity index (χ2n) is 7.19. The topological polar surface area (TPSA) is 71.3 Å².